The van der Waals surface area contributed by atoms with Gasteiger partial charge in [0.1, 0.15) is 0 Å². The molecule has 2 rings (SSSR count). The first-order chi connectivity index (χ1) is 9.66. The number of rotatable bonds is 5. The number of nitrogens with zero attached hydrogens (tertiary/aromatic N) is 1. The van der Waals surface area contributed by atoms with Crippen LogP contribution >= 0.6 is 0 Å². The summed E-state index contributed by atoms with van der Waals surface area (Å²) < 4.78 is 0. The van der Waals surface area contributed by atoms with Crippen LogP contribution in [0, 0.1) is 6.92 Å². The first-order valence-corrected chi connectivity index (χ1v) is 6.63. The Kier molecular flexibility index (Phi) is 4.85. The Hall–Kier alpha value is -2.20. The topological polar surface area (TPSA) is 68.0 Å². The molecule has 104 valence electrons. The fraction of sp³-hybridized carbons (Fsp3) is 0.250. The van der Waals surface area contributed by atoms with E-state index in [-0.39, 0.29) is 18.4 Å². The third kappa shape index (κ3) is 3.90. The zero-order chi connectivity index (χ0) is 14.4. The number of nitrogens with one attached hydrogen (secondary N) is 1. The highest BCUT2D eigenvalue weighted by molar-refractivity contribution is 5.76. The lowest BCUT2D eigenvalue weighted by Crippen LogP contribution is -2.27. The highest BCUT2D eigenvalue weighted by atomic mass is 16.1. The fourth-order valence-corrected chi connectivity index (χ4v) is 2.09. The Labute approximate surface area is 119 Å². The van der Waals surface area contributed by atoms with Gasteiger partial charge < -0.3 is 11.1 Å². The van der Waals surface area contributed by atoms with E-state index in [1.165, 1.54) is 0 Å². The van der Waals surface area contributed by atoms with Gasteiger partial charge >= 0.3 is 0 Å². The molecular weight excluding hydrogens is 250 g/mol. The second kappa shape index (κ2) is 6.82. The van der Waals surface area contributed by atoms with Crippen LogP contribution in [0.3, 0.4) is 0 Å². The van der Waals surface area contributed by atoms with E-state index < -0.39 is 0 Å². The van der Waals surface area contributed by atoms with Gasteiger partial charge in [-0.05, 0) is 35.7 Å². The van der Waals surface area contributed by atoms with Gasteiger partial charge in [0, 0.05) is 31.4 Å². The molecule has 1 aromatic heterocycles. The van der Waals surface area contributed by atoms with Crippen LogP contribution in [0.1, 0.15) is 29.2 Å². The van der Waals surface area contributed by atoms with Gasteiger partial charge in [0.25, 0.3) is 0 Å². The first-order valence-electron chi connectivity index (χ1n) is 6.63. The Morgan fingerprint density at radius 2 is 1.95 bits per heavy atom. The zero-order valence-electron chi connectivity index (χ0n) is 11.5. The summed E-state index contributed by atoms with van der Waals surface area (Å²) in [5.41, 5.74) is 9.25. The Morgan fingerprint density at radius 3 is 2.65 bits per heavy atom. The van der Waals surface area contributed by atoms with Gasteiger partial charge in [-0.3, -0.25) is 9.78 Å². The van der Waals surface area contributed by atoms with Crippen LogP contribution in [0.25, 0.3) is 0 Å². The molecule has 4 nitrogen and oxygen atoms in total. The van der Waals surface area contributed by atoms with Gasteiger partial charge in [0.15, 0.2) is 0 Å². The highest BCUT2D eigenvalue weighted by Crippen LogP contribution is 2.17. The summed E-state index contributed by atoms with van der Waals surface area (Å²) in [5, 5.41) is 2.87. The molecule has 20 heavy (non-hydrogen) atoms. The predicted octanol–water partition coefficient (Wildman–Crippen LogP) is 2.10. The molecule has 0 fully saturated rings. The van der Waals surface area contributed by atoms with Gasteiger partial charge in [-0.25, -0.2) is 0 Å². The number of aromatic nitrogens is 1. The molecule has 1 aromatic carbocycles. The van der Waals surface area contributed by atoms with E-state index in [4.69, 9.17) is 5.73 Å². The molecule has 0 spiro atoms. The van der Waals surface area contributed by atoms with Crippen molar-refractivity contribution in [3.63, 3.8) is 0 Å². The van der Waals surface area contributed by atoms with Crippen molar-refractivity contribution in [2.24, 2.45) is 5.73 Å². The van der Waals surface area contributed by atoms with Crippen molar-refractivity contribution in [3.05, 3.63) is 65.5 Å². The molecule has 0 aliphatic heterocycles. The maximum absolute atomic E-state index is 11.9. The third-order valence-electron chi connectivity index (χ3n) is 3.23. The molecule has 0 bridgehead atoms. The number of carbonyl (C=O) groups is 1. The lowest BCUT2D eigenvalue weighted by atomic mass is 9.99. The summed E-state index contributed by atoms with van der Waals surface area (Å²) >= 11 is 0. The molecule has 0 aliphatic carbocycles. The van der Waals surface area contributed by atoms with Gasteiger partial charge in [0.2, 0.25) is 5.91 Å². The van der Waals surface area contributed by atoms with Crippen LogP contribution in [-0.2, 0) is 11.3 Å². The second-order valence-corrected chi connectivity index (χ2v) is 4.80. The van der Waals surface area contributed by atoms with Gasteiger partial charge in [-0.1, -0.05) is 24.3 Å². The maximum atomic E-state index is 11.9. The van der Waals surface area contributed by atoms with Crippen molar-refractivity contribution in [1.82, 2.24) is 10.3 Å². The molecule has 1 heterocycles. The van der Waals surface area contributed by atoms with Crippen molar-refractivity contribution in [3.8, 4) is 0 Å². The van der Waals surface area contributed by atoms with Gasteiger partial charge in [-0.15, -0.1) is 0 Å². The van der Waals surface area contributed by atoms with Crippen LogP contribution in [-0.4, -0.2) is 10.9 Å². The molecule has 0 saturated carbocycles. The monoisotopic (exact) mass is 269 g/mol. The van der Waals surface area contributed by atoms with Crippen LogP contribution in [0.2, 0.25) is 0 Å². The molecule has 0 radical (unpaired) electrons. The number of amides is 1. The number of hydrogen-bond acceptors (Lipinski definition) is 3. The van der Waals surface area contributed by atoms with Crippen molar-refractivity contribution < 1.29 is 4.79 Å². The van der Waals surface area contributed by atoms with E-state index in [9.17, 15) is 4.79 Å². The molecule has 0 unspecified atom stereocenters. The largest absolute Gasteiger partial charge is 0.352 e. The lowest BCUT2D eigenvalue weighted by molar-refractivity contribution is -0.121. The summed E-state index contributed by atoms with van der Waals surface area (Å²) in [7, 11) is 0. The molecule has 0 aliphatic rings. The molecule has 1 amide bonds. The number of hydrogen-bond donors (Lipinski definition) is 2. The maximum Gasteiger partial charge on any atom is 0.222 e. The van der Waals surface area contributed by atoms with Gasteiger partial charge in [0.05, 0.1) is 0 Å². The number of aryl methyl sites for hydroxylation is 1. The number of benzene rings is 1. The third-order valence-corrected chi connectivity index (χ3v) is 3.23. The van der Waals surface area contributed by atoms with Crippen molar-refractivity contribution in [2.75, 3.05) is 0 Å². The average Bonchev–Trinajstić information content (AvgIpc) is 2.46. The number of pyridine rings is 1. The summed E-state index contributed by atoms with van der Waals surface area (Å²) in [6.07, 6.45) is 3.71. The minimum absolute atomic E-state index is 0.0439. The molecule has 0 saturated heterocycles. The molecular formula is C16H19N3O. The van der Waals surface area contributed by atoms with E-state index in [0.29, 0.717) is 6.54 Å². The predicted molar refractivity (Wildman–Crippen MR) is 78.8 cm³/mol. The van der Waals surface area contributed by atoms with E-state index >= 15 is 0 Å². The van der Waals surface area contributed by atoms with Crippen LogP contribution in [0.4, 0.5) is 0 Å². The standard InChI is InChI=1S/C16H19N3O/c1-12-4-2-3-5-14(12)15(17)10-16(20)19-11-13-6-8-18-9-7-13/h2-9,15H,10-11,17H2,1H3,(H,19,20)/t15-/m0/s1. The van der Waals surface area contributed by atoms with Crippen molar-refractivity contribution >= 4 is 5.91 Å². The van der Waals surface area contributed by atoms with E-state index in [0.717, 1.165) is 16.7 Å². The van der Waals surface area contributed by atoms with Crippen LogP contribution < -0.4 is 11.1 Å². The van der Waals surface area contributed by atoms with Crippen LogP contribution in [0.5, 0.6) is 0 Å². The number of carbonyl (C=O) groups excluding carboxylic acids is 1. The molecule has 4 heteroatoms. The second-order valence-electron chi connectivity index (χ2n) is 4.80. The normalized spacial score (nSPS) is 11.9. The molecule has 1 atom stereocenters. The smallest absolute Gasteiger partial charge is 0.222 e. The van der Waals surface area contributed by atoms with E-state index in [1.807, 2.05) is 43.3 Å². The molecule has 3 N–H and O–H groups in total. The quantitative estimate of drug-likeness (QED) is 0.873. The zero-order valence-corrected chi connectivity index (χ0v) is 11.5. The van der Waals surface area contributed by atoms with Crippen molar-refractivity contribution in [2.45, 2.75) is 25.9 Å². The van der Waals surface area contributed by atoms with Gasteiger partial charge in [-0.2, -0.15) is 0 Å². The average molecular weight is 269 g/mol. The molecule has 2 aromatic rings. The lowest BCUT2D eigenvalue weighted by Gasteiger charge is -2.14. The summed E-state index contributed by atoms with van der Waals surface area (Å²) in [6, 6.07) is 11.4. The minimum atomic E-state index is -0.270. The van der Waals surface area contributed by atoms with E-state index in [2.05, 4.69) is 10.3 Å². The summed E-state index contributed by atoms with van der Waals surface area (Å²) in [4.78, 5) is 15.8. The Balaban J connectivity index is 1.87. The summed E-state index contributed by atoms with van der Waals surface area (Å²) in [5.74, 6) is -0.0439. The number of nitrogens with two attached hydrogens (primary N) is 1. The van der Waals surface area contributed by atoms with Crippen LogP contribution in [0.15, 0.2) is 48.8 Å². The highest BCUT2D eigenvalue weighted by Gasteiger charge is 2.12. The fourth-order valence-electron chi connectivity index (χ4n) is 2.09. The summed E-state index contributed by atoms with van der Waals surface area (Å²) in [6.45, 7) is 2.51. The van der Waals surface area contributed by atoms with E-state index in [1.54, 1.807) is 12.4 Å². The Morgan fingerprint density at radius 1 is 1.25 bits per heavy atom. The SMILES string of the molecule is Cc1ccccc1[C@@H](N)CC(=O)NCc1ccncc1. The minimum Gasteiger partial charge on any atom is -0.352 e. The Bertz CT molecular complexity index is 569. The van der Waals surface area contributed by atoms with Crippen molar-refractivity contribution in [1.29, 1.82) is 0 Å². The first kappa shape index (κ1) is 14.2.